The second-order valence-corrected chi connectivity index (χ2v) is 2.81. The van der Waals surface area contributed by atoms with E-state index in [1.54, 1.807) is 0 Å². The van der Waals surface area contributed by atoms with Gasteiger partial charge in [0.05, 0.1) is 0 Å². The molecule has 0 saturated carbocycles. The Hall–Kier alpha value is -0.0500. The summed E-state index contributed by atoms with van der Waals surface area (Å²) in [6.45, 7) is 0. The molecule has 1 heterocycles. The highest BCUT2D eigenvalue weighted by Gasteiger charge is 2.18. The van der Waals surface area contributed by atoms with E-state index < -0.39 is 0 Å². The fourth-order valence-electron chi connectivity index (χ4n) is 0.886. The van der Waals surface area contributed by atoms with Crippen LogP contribution >= 0.6 is 15.9 Å². The van der Waals surface area contributed by atoms with Crippen molar-refractivity contribution in [3.63, 3.8) is 0 Å². The SMILES string of the molecule is O=C1CCCC(CBr)O1. The predicted molar refractivity (Wildman–Crippen MR) is 37.5 cm³/mol. The lowest BCUT2D eigenvalue weighted by Gasteiger charge is -2.19. The summed E-state index contributed by atoms with van der Waals surface area (Å²) in [5.74, 6) is -0.0503. The molecule has 0 amide bonds. The fourth-order valence-corrected chi connectivity index (χ4v) is 1.34. The molecule has 9 heavy (non-hydrogen) atoms. The lowest BCUT2D eigenvalue weighted by molar-refractivity contribution is -0.152. The zero-order valence-electron chi connectivity index (χ0n) is 5.10. The third-order valence-corrected chi connectivity index (χ3v) is 2.10. The third kappa shape index (κ3) is 1.97. The molecule has 52 valence electrons. The maximum Gasteiger partial charge on any atom is 0.306 e. The number of halogens is 1. The van der Waals surface area contributed by atoms with Crippen molar-refractivity contribution in [3.8, 4) is 0 Å². The first-order valence-electron chi connectivity index (χ1n) is 3.08. The molecule has 0 aliphatic carbocycles. The molecule has 1 aliphatic rings. The molecule has 0 radical (unpaired) electrons. The van der Waals surface area contributed by atoms with Gasteiger partial charge in [-0.15, -0.1) is 0 Å². The van der Waals surface area contributed by atoms with Crippen molar-refractivity contribution < 1.29 is 9.53 Å². The third-order valence-electron chi connectivity index (χ3n) is 1.38. The summed E-state index contributed by atoms with van der Waals surface area (Å²) >= 11 is 3.26. The average Bonchev–Trinajstić information content (AvgIpc) is 1.88. The molecule has 1 rings (SSSR count). The molecule has 1 unspecified atom stereocenters. The average molecular weight is 193 g/mol. The topological polar surface area (TPSA) is 26.3 Å². The van der Waals surface area contributed by atoms with E-state index in [4.69, 9.17) is 4.74 Å². The van der Waals surface area contributed by atoms with Crippen molar-refractivity contribution in [2.45, 2.75) is 25.4 Å². The van der Waals surface area contributed by atoms with Gasteiger partial charge in [0.2, 0.25) is 0 Å². The summed E-state index contributed by atoms with van der Waals surface area (Å²) in [5.41, 5.74) is 0. The van der Waals surface area contributed by atoms with Crippen molar-refractivity contribution in [3.05, 3.63) is 0 Å². The van der Waals surface area contributed by atoms with E-state index in [2.05, 4.69) is 15.9 Å². The van der Waals surface area contributed by atoms with Crippen LogP contribution in [0.3, 0.4) is 0 Å². The normalized spacial score (nSPS) is 27.7. The first-order valence-corrected chi connectivity index (χ1v) is 4.20. The van der Waals surface area contributed by atoms with Crippen LogP contribution in [0.4, 0.5) is 0 Å². The van der Waals surface area contributed by atoms with Crippen molar-refractivity contribution in [1.29, 1.82) is 0 Å². The zero-order valence-corrected chi connectivity index (χ0v) is 6.69. The van der Waals surface area contributed by atoms with Gasteiger partial charge in [-0.1, -0.05) is 15.9 Å². The Morgan fingerprint density at radius 3 is 3.00 bits per heavy atom. The van der Waals surface area contributed by atoms with E-state index in [9.17, 15) is 4.79 Å². The van der Waals surface area contributed by atoms with E-state index in [0.717, 1.165) is 18.2 Å². The smallest absolute Gasteiger partial charge is 0.306 e. The number of carbonyl (C=O) groups excluding carboxylic acids is 1. The summed E-state index contributed by atoms with van der Waals surface area (Å²) in [4.78, 5) is 10.6. The van der Waals surface area contributed by atoms with Gasteiger partial charge < -0.3 is 4.74 Å². The summed E-state index contributed by atoms with van der Waals surface area (Å²) < 4.78 is 4.95. The minimum atomic E-state index is -0.0503. The molecule has 1 aliphatic heterocycles. The number of hydrogen-bond donors (Lipinski definition) is 0. The van der Waals surface area contributed by atoms with Gasteiger partial charge in [-0.05, 0) is 12.8 Å². The highest BCUT2D eigenvalue weighted by atomic mass is 79.9. The predicted octanol–water partition coefficient (Wildman–Crippen LogP) is 1.48. The van der Waals surface area contributed by atoms with Crippen LogP contribution in [0.15, 0.2) is 0 Å². The monoisotopic (exact) mass is 192 g/mol. The first kappa shape index (κ1) is 7.06. The van der Waals surface area contributed by atoms with Crippen LogP contribution in [0.2, 0.25) is 0 Å². The molecule has 0 bridgehead atoms. The summed E-state index contributed by atoms with van der Waals surface area (Å²) in [6, 6.07) is 0. The largest absolute Gasteiger partial charge is 0.461 e. The Morgan fingerprint density at radius 2 is 2.56 bits per heavy atom. The summed E-state index contributed by atoms with van der Waals surface area (Å²) in [5, 5.41) is 0.777. The van der Waals surface area contributed by atoms with Gasteiger partial charge in [-0.2, -0.15) is 0 Å². The van der Waals surface area contributed by atoms with E-state index in [1.165, 1.54) is 0 Å². The molecule has 1 atom stereocenters. The van der Waals surface area contributed by atoms with Crippen molar-refractivity contribution in [2.24, 2.45) is 0 Å². The molecular weight excluding hydrogens is 184 g/mol. The maximum atomic E-state index is 10.6. The molecular formula is C6H9BrO2. The highest BCUT2D eigenvalue weighted by Crippen LogP contribution is 2.14. The van der Waals surface area contributed by atoms with E-state index in [-0.39, 0.29) is 12.1 Å². The lowest BCUT2D eigenvalue weighted by Crippen LogP contribution is -2.24. The van der Waals surface area contributed by atoms with Gasteiger partial charge in [0.15, 0.2) is 0 Å². The number of carbonyl (C=O) groups is 1. The van der Waals surface area contributed by atoms with Crippen LogP contribution in [0.25, 0.3) is 0 Å². The summed E-state index contributed by atoms with van der Waals surface area (Å²) in [6.07, 6.45) is 2.72. The van der Waals surface area contributed by atoms with Crippen LogP contribution in [-0.4, -0.2) is 17.4 Å². The number of hydrogen-bond acceptors (Lipinski definition) is 2. The molecule has 0 aromatic heterocycles. The second-order valence-electron chi connectivity index (χ2n) is 2.16. The van der Waals surface area contributed by atoms with E-state index >= 15 is 0 Å². The molecule has 1 saturated heterocycles. The van der Waals surface area contributed by atoms with Gasteiger partial charge in [-0.25, -0.2) is 0 Å². The van der Waals surface area contributed by atoms with Gasteiger partial charge in [-0.3, -0.25) is 4.79 Å². The minimum Gasteiger partial charge on any atom is -0.461 e. The molecule has 0 N–H and O–H groups in total. The molecule has 0 spiro atoms. The Kier molecular flexibility index (Phi) is 2.51. The van der Waals surface area contributed by atoms with Gasteiger partial charge in [0.25, 0.3) is 0 Å². The Labute approximate surface area is 62.7 Å². The Balaban J connectivity index is 2.32. The lowest BCUT2D eigenvalue weighted by atomic mass is 10.1. The molecule has 3 heteroatoms. The molecule has 2 nitrogen and oxygen atoms in total. The van der Waals surface area contributed by atoms with Gasteiger partial charge in [0.1, 0.15) is 6.10 Å². The number of esters is 1. The van der Waals surface area contributed by atoms with Gasteiger partial charge >= 0.3 is 5.97 Å². The van der Waals surface area contributed by atoms with Crippen LogP contribution in [-0.2, 0) is 9.53 Å². The Bertz CT molecular complexity index is 114. The zero-order chi connectivity index (χ0) is 6.69. The maximum absolute atomic E-state index is 10.6. The molecule has 1 fully saturated rings. The fraction of sp³-hybridized carbons (Fsp3) is 0.833. The Morgan fingerprint density at radius 1 is 1.78 bits per heavy atom. The van der Waals surface area contributed by atoms with Crippen molar-refractivity contribution >= 4 is 21.9 Å². The first-order chi connectivity index (χ1) is 4.33. The van der Waals surface area contributed by atoms with Crippen LogP contribution in [0, 0.1) is 0 Å². The standard InChI is InChI=1S/C6H9BrO2/c7-4-5-2-1-3-6(8)9-5/h5H,1-4H2. The van der Waals surface area contributed by atoms with E-state index in [1.807, 2.05) is 0 Å². The quantitative estimate of drug-likeness (QED) is 0.465. The van der Waals surface area contributed by atoms with Crippen molar-refractivity contribution in [2.75, 3.05) is 5.33 Å². The highest BCUT2D eigenvalue weighted by molar-refractivity contribution is 9.09. The minimum absolute atomic E-state index is 0.0503. The van der Waals surface area contributed by atoms with Crippen LogP contribution in [0.5, 0.6) is 0 Å². The van der Waals surface area contributed by atoms with Crippen molar-refractivity contribution in [1.82, 2.24) is 0 Å². The number of ether oxygens (including phenoxy) is 1. The van der Waals surface area contributed by atoms with E-state index in [0.29, 0.717) is 6.42 Å². The van der Waals surface area contributed by atoms with Crippen LogP contribution in [0.1, 0.15) is 19.3 Å². The number of alkyl halides is 1. The number of cyclic esters (lactones) is 1. The molecule has 0 aromatic carbocycles. The molecule has 0 aromatic rings. The van der Waals surface area contributed by atoms with Gasteiger partial charge in [0, 0.05) is 11.8 Å². The second kappa shape index (κ2) is 3.20. The summed E-state index contributed by atoms with van der Waals surface area (Å²) in [7, 11) is 0. The number of rotatable bonds is 1. The van der Waals surface area contributed by atoms with Crippen LogP contribution < -0.4 is 0 Å².